The standard InChI is InChI=1S/C17H26N4O4/c1-11-8-20(9-12(2)25-11)17(3,4)10-19-16(22)13-5-6-14(18)15(7-13)21(23)24/h5-7,11-12H,8-10,18H2,1-4H3,(H,19,22)/t11-,12+. The largest absolute Gasteiger partial charge is 0.393 e. The van der Waals surface area contributed by atoms with E-state index in [4.69, 9.17) is 10.5 Å². The third-order valence-corrected chi connectivity index (χ3v) is 4.45. The van der Waals surface area contributed by atoms with Crippen molar-refractivity contribution >= 4 is 17.3 Å². The Bertz CT molecular complexity index is 652. The number of ether oxygens (including phenoxy) is 1. The van der Waals surface area contributed by atoms with Gasteiger partial charge in [0.2, 0.25) is 0 Å². The predicted molar refractivity (Wildman–Crippen MR) is 95.5 cm³/mol. The lowest BCUT2D eigenvalue weighted by atomic mass is 10.00. The van der Waals surface area contributed by atoms with Crippen LogP contribution in [-0.2, 0) is 4.74 Å². The second-order valence-corrected chi connectivity index (χ2v) is 7.19. The topological polar surface area (TPSA) is 111 Å². The third kappa shape index (κ3) is 4.67. The first-order chi connectivity index (χ1) is 11.6. The second kappa shape index (κ2) is 7.37. The van der Waals surface area contributed by atoms with E-state index in [0.717, 1.165) is 13.1 Å². The van der Waals surface area contributed by atoms with Crippen molar-refractivity contribution in [2.45, 2.75) is 45.4 Å². The number of morpholine rings is 1. The van der Waals surface area contributed by atoms with Gasteiger partial charge in [0.1, 0.15) is 5.69 Å². The van der Waals surface area contributed by atoms with Gasteiger partial charge in [0.05, 0.1) is 17.1 Å². The minimum absolute atomic E-state index is 0.0400. The summed E-state index contributed by atoms with van der Waals surface area (Å²) in [6.45, 7) is 10.2. The Kier molecular flexibility index (Phi) is 5.64. The van der Waals surface area contributed by atoms with E-state index in [0.29, 0.717) is 6.54 Å². The molecule has 8 nitrogen and oxygen atoms in total. The Morgan fingerprint density at radius 1 is 1.40 bits per heavy atom. The van der Waals surface area contributed by atoms with Gasteiger partial charge in [-0.3, -0.25) is 19.8 Å². The van der Waals surface area contributed by atoms with Crippen LogP contribution in [0.5, 0.6) is 0 Å². The van der Waals surface area contributed by atoms with Gasteiger partial charge in [-0.1, -0.05) is 0 Å². The second-order valence-electron chi connectivity index (χ2n) is 7.19. The van der Waals surface area contributed by atoms with Crippen molar-refractivity contribution in [3.63, 3.8) is 0 Å². The van der Waals surface area contributed by atoms with Crippen LogP contribution in [0, 0.1) is 10.1 Å². The van der Waals surface area contributed by atoms with Crippen molar-refractivity contribution in [2.75, 3.05) is 25.4 Å². The number of hydrogen-bond donors (Lipinski definition) is 2. The molecular weight excluding hydrogens is 324 g/mol. The van der Waals surface area contributed by atoms with Gasteiger partial charge in [0.15, 0.2) is 0 Å². The van der Waals surface area contributed by atoms with E-state index >= 15 is 0 Å². The smallest absolute Gasteiger partial charge is 0.292 e. The van der Waals surface area contributed by atoms with Crippen molar-refractivity contribution < 1.29 is 14.5 Å². The van der Waals surface area contributed by atoms with Gasteiger partial charge in [-0.2, -0.15) is 0 Å². The fourth-order valence-corrected chi connectivity index (χ4v) is 3.03. The molecule has 138 valence electrons. The van der Waals surface area contributed by atoms with Crippen molar-refractivity contribution in [2.24, 2.45) is 0 Å². The van der Waals surface area contributed by atoms with Gasteiger partial charge < -0.3 is 15.8 Å². The fraction of sp³-hybridized carbons (Fsp3) is 0.588. The summed E-state index contributed by atoms with van der Waals surface area (Å²) in [7, 11) is 0. The normalized spacial score (nSPS) is 21.8. The van der Waals surface area contributed by atoms with Crippen molar-refractivity contribution in [3.8, 4) is 0 Å². The first kappa shape index (κ1) is 19.1. The number of benzene rings is 1. The number of nitrogen functional groups attached to an aromatic ring is 1. The van der Waals surface area contributed by atoms with E-state index in [9.17, 15) is 14.9 Å². The van der Waals surface area contributed by atoms with Gasteiger partial charge in [0, 0.05) is 36.8 Å². The van der Waals surface area contributed by atoms with Crippen LogP contribution in [0.2, 0.25) is 0 Å². The van der Waals surface area contributed by atoms with Crippen LogP contribution >= 0.6 is 0 Å². The summed E-state index contributed by atoms with van der Waals surface area (Å²) in [5.41, 5.74) is 5.30. The van der Waals surface area contributed by atoms with Gasteiger partial charge >= 0.3 is 0 Å². The van der Waals surface area contributed by atoms with Gasteiger partial charge in [-0.25, -0.2) is 0 Å². The van der Waals surface area contributed by atoms with Gasteiger partial charge in [-0.05, 0) is 39.8 Å². The third-order valence-electron chi connectivity index (χ3n) is 4.45. The molecule has 2 atom stereocenters. The number of nitrogens with one attached hydrogen (secondary N) is 1. The monoisotopic (exact) mass is 350 g/mol. The molecule has 1 amide bonds. The zero-order valence-corrected chi connectivity index (χ0v) is 15.1. The summed E-state index contributed by atoms with van der Waals surface area (Å²) < 4.78 is 5.75. The summed E-state index contributed by atoms with van der Waals surface area (Å²) in [5.74, 6) is -0.356. The predicted octanol–water partition coefficient (Wildman–Crippen LogP) is 1.79. The molecule has 8 heteroatoms. The zero-order valence-electron chi connectivity index (χ0n) is 15.1. The minimum Gasteiger partial charge on any atom is -0.393 e. The highest BCUT2D eigenvalue weighted by atomic mass is 16.6. The van der Waals surface area contributed by atoms with Crippen LogP contribution < -0.4 is 11.1 Å². The number of carbonyl (C=O) groups excluding carboxylic acids is 1. The first-order valence-corrected chi connectivity index (χ1v) is 8.33. The number of nitro groups is 1. The Balaban J connectivity index is 2.03. The van der Waals surface area contributed by atoms with Crippen molar-refractivity contribution in [1.82, 2.24) is 10.2 Å². The molecule has 1 aromatic carbocycles. The van der Waals surface area contributed by atoms with Gasteiger partial charge in [-0.15, -0.1) is 0 Å². The summed E-state index contributed by atoms with van der Waals surface area (Å²) in [5, 5.41) is 13.8. The number of rotatable bonds is 5. The van der Waals surface area contributed by atoms with E-state index in [2.05, 4.69) is 24.1 Å². The quantitative estimate of drug-likeness (QED) is 0.476. The molecule has 0 spiro atoms. The highest BCUT2D eigenvalue weighted by Crippen LogP contribution is 2.23. The Hall–Kier alpha value is -2.19. The maximum absolute atomic E-state index is 12.4. The number of nitrogens with two attached hydrogens (primary N) is 1. The summed E-state index contributed by atoms with van der Waals surface area (Å²) in [6.07, 6.45) is 0.275. The summed E-state index contributed by atoms with van der Waals surface area (Å²) in [6, 6.07) is 4.07. The van der Waals surface area contributed by atoms with Crippen molar-refractivity contribution in [1.29, 1.82) is 0 Å². The highest BCUT2D eigenvalue weighted by molar-refractivity contribution is 5.95. The number of carbonyl (C=O) groups is 1. The average Bonchev–Trinajstić information content (AvgIpc) is 2.52. The Labute approximate surface area is 147 Å². The molecule has 0 aromatic heterocycles. The van der Waals surface area contributed by atoms with E-state index in [1.165, 1.54) is 18.2 Å². The van der Waals surface area contributed by atoms with Crippen LogP contribution in [0.4, 0.5) is 11.4 Å². The lowest BCUT2D eigenvalue weighted by Gasteiger charge is -2.45. The first-order valence-electron chi connectivity index (χ1n) is 8.33. The summed E-state index contributed by atoms with van der Waals surface area (Å²) in [4.78, 5) is 25.0. The van der Waals surface area contributed by atoms with E-state index in [1.807, 2.05) is 13.8 Å². The Morgan fingerprint density at radius 2 is 2.00 bits per heavy atom. The molecule has 0 saturated carbocycles. The molecule has 0 unspecified atom stereocenters. The number of nitro benzene ring substituents is 1. The fourth-order valence-electron chi connectivity index (χ4n) is 3.03. The molecule has 0 radical (unpaired) electrons. The molecule has 25 heavy (non-hydrogen) atoms. The van der Waals surface area contributed by atoms with Crippen LogP contribution in [-0.4, -0.2) is 53.1 Å². The van der Waals surface area contributed by atoms with Gasteiger partial charge in [0.25, 0.3) is 11.6 Å². The minimum atomic E-state index is -0.591. The molecule has 0 aliphatic carbocycles. The molecule has 1 aromatic rings. The SMILES string of the molecule is C[C@@H]1CN(C(C)(C)CNC(=O)c2ccc(N)c([N+](=O)[O-])c2)C[C@H](C)O1. The maximum Gasteiger partial charge on any atom is 0.292 e. The van der Waals surface area contributed by atoms with Crippen LogP contribution in [0.25, 0.3) is 0 Å². The highest BCUT2D eigenvalue weighted by Gasteiger charge is 2.33. The lowest BCUT2D eigenvalue weighted by Crippen LogP contribution is -2.58. The molecule has 3 N–H and O–H groups in total. The number of amides is 1. The van der Waals surface area contributed by atoms with Crippen molar-refractivity contribution in [3.05, 3.63) is 33.9 Å². The zero-order chi connectivity index (χ0) is 18.8. The van der Waals surface area contributed by atoms with Crippen LogP contribution in [0.3, 0.4) is 0 Å². The number of anilines is 1. The summed E-state index contributed by atoms with van der Waals surface area (Å²) >= 11 is 0. The molecule has 1 saturated heterocycles. The lowest BCUT2D eigenvalue weighted by molar-refractivity contribution is -0.383. The van der Waals surface area contributed by atoms with E-state index in [1.54, 1.807) is 0 Å². The number of hydrogen-bond acceptors (Lipinski definition) is 6. The van der Waals surface area contributed by atoms with Crippen LogP contribution in [0.15, 0.2) is 18.2 Å². The maximum atomic E-state index is 12.4. The molecule has 1 aliphatic rings. The number of nitrogens with zero attached hydrogens (tertiary/aromatic N) is 2. The molecule has 1 fully saturated rings. The molecular formula is C17H26N4O4. The van der Waals surface area contributed by atoms with E-state index < -0.39 is 4.92 Å². The van der Waals surface area contributed by atoms with Crippen LogP contribution in [0.1, 0.15) is 38.1 Å². The molecule has 2 rings (SSSR count). The average molecular weight is 350 g/mol. The molecule has 1 aliphatic heterocycles. The molecule has 1 heterocycles. The van der Waals surface area contributed by atoms with E-state index in [-0.39, 0.29) is 40.6 Å². The molecule has 0 bridgehead atoms. The Morgan fingerprint density at radius 3 is 2.56 bits per heavy atom.